The Labute approximate surface area is 127 Å². The van der Waals surface area contributed by atoms with E-state index in [0.29, 0.717) is 11.6 Å². The van der Waals surface area contributed by atoms with E-state index < -0.39 is 0 Å². The third kappa shape index (κ3) is 3.03. The van der Waals surface area contributed by atoms with Crippen molar-refractivity contribution in [2.45, 2.75) is 6.61 Å². The smallest absolute Gasteiger partial charge is 0.120 e. The summed E-state index contributed by atoms with van der Waals surface area (Å²) >= 11 is 7.77. The second-order valence-electron chi connectivity index (χ2n) is 4.35. The maximum Gasteiger partial charge on any atom is 0.120 e. The van der Waals surface area contributed by atoms with E-state index in [4.69, 9.17) is 16.3 Å². The van der Waals surface area contributed by atoms with Crippen molar-refractivity contribution >= 4 is 22.9 Å². The summed E-state index contributed by atoms with van der Waals surface area (Å²) in [6.45, 7) is 0.551. The maximum atomic E-state index is 6.23. The van der Waals surface area contributed by atoms with Gasteiger partial charge in [-0.2, -0.15) is 0 Å². The number of hydrogen-bond donors (Lipinski definition) is 0. The molecule has 0 atom stereocenters. The molecular formula is C17H12ClOS. The number of rotatable bonds is 4. The highest BCUT2D eigenvalue weighted by molar-refractivity contribution is 7.07. The molecule has 0 unspecified atom stereocenters. The predicted molar refractivity (Wildman–Crippen MR) is 84.4 cm³/mol. The number of thiophene rings is 1. The molecule has 1 aromatic heterocycles. The molecule has 0 aliphatic carbocycles. The van der Waals surface area contributed by atoms with Gasteiger partial charge in [-0.1, -0.05) is 41.9 Å². The van der Waals surface area contributed by atoms with E-state index in [1.807, 2.05) is 60.0 Å². The van der Waals surface area contributed by atoms with Crippen molar-refractivity contribution in [2.24, 2.45) is 0 Å². The van der Waals surface area contributed by atoms with Gasteiger partial charge < -0.3 is 4.74 Å². The molecule has 1 radical (unpaired) electrons. The Morgan fingerprint density at radius 1 is 1.05 bits per heavy atom. The van der Waals surface area contributed by atoms with E-state index in [1.54, 1.807) is 0 Å². The van der Waals surface area contributed by atoms with Crippen LogP contribution in [0, 0.1) is 5.38 Å². The fourth-order valence-electron chi connectivity index (χ4n) is 1.92. The highest BCUT2D eigenvalue weighted by Gasteiger charge is 2.06. The molecule has 20 heavy (non-hydrogen) atoms. The normalized spacial score (nSPS) is 10.4. The lowest BCUT2D eigenvalue weighted by molar-refractivity contribution is 0.306. The molecule has 1 nitrogen and oxygen atoms in total. The van der Waals surface area contributed by atoms with Crippen LogP contribution in [0.15, 0.2) is 60.0 Å². The highest BCUT2D eigenvalue weighted by atomic mass is 35.5. The van der Waals surface area contributed by atoms with Crippen LogP contribution in [0.3, 0.4) is 0 Å². The Hall–Kier alpha value is -1.77. The van der Waals surface area contributed by atoms with E-state index in [9.17, 15) is 0 Å². The van der Waals surface area contributed by atoms with Gasteiger partial charge in [0.2, 0.25) is 0 Å². The zero-order valence-electron chi connectivity index (χ0n) is 10.7. The summed E-state index contributed by atoms with van der Waals surface area (Å²) in [6, 6.07) is 17.8. The van der Waals surface area contributed by atoms with Gasteiger partial charge >= 0.3 is 0 Å². The van der Waals surface area contributed by atoms with Crippen LogP contribution in [-0.2, 0) is 6.61 Å². The largest absolute Gasteiger partial charge is 0.489 e. The van der Waals surface area contributed by atoms with Crippen molar-refractivity contribution in [3.63, 3.8) is 0 Å². The molecule has 3 heteroatoms. The fraction of sp³-hybridized carbons (Fsp3) is 0.0588. The van der Waals surface area contributed by atoms with Crippen molar-refractivity contribution in [1.29, 1.82) is 0 Å². The third-order valence-electron chi connectivity index (χ3n) is 2.95. The van der Waals surface area contributed by atoms with Crippen LogP contribution in [0.5, 0.6) is 5.75 Å². The highest BCUT2D eigenvalue weighted by Crippen LogP contribution is 2.32. The lowest BCUT2D eigenvalue weighted by Crippen LogP contribution is -1.95. The Kier molecular flexibility index (Phi) is 4.05. The summed E-state index contributed by atoms with van der Waals surface area (Å²) in [7, 11) is 0. The average Bonchev–Trinajstić information content (AvgIpc) is 3.01. The third-order valence-corrected chi connectivity index (χ3v) is 3.89. The molecule has 99 valence electrons. The minimum Gasteiger partial charge on any atom is -0.489 e. The van der Waals surface area contributed by atoms with Crippen molar-refractivity contribution in [1.82, 2.24) is 0 Å². The summed E-state index contributed by atoms with van der Waals surface area (Å²) in [6.07, 6.45) is 0. The molecule has 0 bridgehead atoms. The standard InChI is InChI=1S/C17H12ClOS/c18-17-7-6-15(10-16(17)14-8-9-20-12-14)19-11-13-4-2-1-3-5-13/h1-10H,11H2. The molecule has 2 aromatic carbocycles. The van der Waals surface area contributed by atoms with Gasteiger partial charge in [0.25, 0.3) is 0 Å². The second-order valence-corrected chi connectivity index (χ2v) is 5.47. The molecule has 3 rings (SSSR count). The Morgan fingerprint density at radius 2 is 1.90 bits per heavy atom. The molecule has 0 aliphatic heterocycles. The quantitative estimate of drug-likeness (QED) is 0.622. The summed E-state index contributed by atoms with van der Waals surface area (Å²) in [5.74, 6) is 0.813. The second kappa shape index (κ2) is 6.12. The van der Waals surface area contributed by atoms with E-state index in [0.717, 1.165) is 22.4 Å². The number of benzene rings is 2. The van der Waals surface area contributed by atoms with E-state index in [-0.39, 0.29) is 0 Å². The van der Waals surface area contributed by atoms with Gasteiger partial charge in [-0.3, -0.25) is 0 Å². The predicted octanol–water partition coefficient (Wildman–Crippen LogP) is 5.45. The van der Waals surface area contributed by atoms with E-state index in [1.165, 1.54) is 11.3 Å². The topological polar surface area (TPSA) is 9.23 Å². The molecule has 3 aromatic rings. The lowest BCUT2D eigenvalue weighted by atomic mass is 10.1. The first-order valence-electron chi connectivity index (χ1n) is 6.25. The number of halogens is 1. The van der Waals surface area contributed by atoms with Crippen LogP contribution in [0.25, 0.3) is 11.1 Å². The Bertz CT molecular complexity index is 677. The first-order valence-corrected chi connectivity index (χ1v) is 7.50. The molecule has 0 saturated carbocycles. The van der Waals surface area contributed by atoms with Gasteiger partial charge in [-0.05, 0) is 35.2 Å². The van der Waals surface area contributed by atoms with Crippen LogP contribution in [-0.4, -0.2) is 0 Å². The van der Waals surface area contributed by atoms with Gasteiger partial charge in [0, 0.05) is 16.1 Å². The zero-order chi connectivity index (χ0) is 13.8. The molecule has 0 fully saturated rings. The van der Waals surface area contributed by atoms with Crippen molar-refractivity contribution in [3.05, 3.63) is 75.9 Å². The average molecular weight is 300 g/mol. The van der Waals surface area contributed by atoms with Gasteiger partial charge in [0.15, 0.2) is 0 Å². The van der Waals surface area contributed by atoms with Crippen molar-refractivity contribution in [3.8, 4) is 16.9 Å². The number of hydrogen-bond acceptors (Lipinski definition) is 2. The van der Waals surface area contributed by atoms with E-state index >= 15 is 0 Å². The summed E-state index contributed by atoms with van der Waals surface area (Å²) in [5.41, 5.74) is 3.11. The van der Waals surface area contributed by atoms with Gasteiger partial charge in [0.1, 0.15) is 12.4 Å². The maximum absolute atomic E-state index is 6.23. The first-order chi connectivity index (χ1) is 9.83. The van der Waals surface area contributed by atoms with Crippen LogP contribution < -0.4 is 4.74 Å². The molecule has 1 heterocycles. The Morgan fingerprint density at radius 3 is 2.65 bits per heavy atom. The SMILES string of the molecule is Clc1ccc(OCc2ccccc2)cc1-c1[c]scc1. The molecular weight excluding hydrogens is 288 g/mol. The van der Waals surface area contributed by atoms with Gasteiger partial charge in [-0.15, -0.1) is 11.3 Å². The molecule has 0 amide bonds. The van der Waals surface area contributed by atoms with Gasteiger partial charge in [-0.25, -0.2) is 0 Å². The van der Waals surface area contributed by atoms with Crippen molar-refractivity contribution < 1.29 is 4.74 Å². The van der Waals surface area contributed by atoms with Crippen LogP contribution in [0.2, 0.25) is 5.02 Å². The van der Waals surface area contributed by atoms with Crippen LogP contribution in [0.4, 0.5) is 0 Å². The first kappa shape index (κ1) is 13.2. The summed E-state index contributed by atoms with van der Waals surface area (Å²) < 4.78 is 5.82. The summed E-state index contributed by atoms with van der Waals surface area (Å²) in [4.78, 5) is 0. The molecule has 0 N–H and O–H groups in total. The lowest BCUT2D eigenvalue weighted by Gasteiger charge is -2.09. The zero-order valence-corrected chi connectivity index (χ0v) is 12.2. The monoisotopic (exact) mass is 299 g/mol. The molecule has 0 aliphatic rings. The fourth-order valence-corrected chi connectivity index (χ4v) is 2.72. The Balaban J connectivity index is 1.79. The minimum atomic E-state index is 0.551. The molecule has 0 spiro atoms. The molecule has 0 saturated heterocycles. The van der Waals surface area contributed by atoms with Crippen molar-refractivity contribution in [2.75, 3.05) is 0 Å². The summed E-state index contributed by atoms with van der Waals surface area (Å²) in [5, 5.41) is 5.90. The van der Waals surface area contributed by atoms with Crippen LogP contribution in [0.1, 0.15) is 5.56 Å². The number of ether oxygens (including phenoxy) is 1. The van der Waals surface area contributed by atoms with Crippen LogP contribution >= 0.6 is 22.9 Å². The minimum absolute atomic E-state index is 0.551. The van der Waals surface area contributed by atoms with Gasteiger partial charge in [0.05, 0.1) is 5.38 Å². The van der Waals surface area contributed by atoms with E-state index in [2.05, 4.69) is 5.38 Å².